The Balaban J connectivity index is 0.000000154. The molecule has 0 amide bonds. The van der Waals surface area contributed by atoms with E-state index in [1.165, 1.54) is 67.5 Å². The molecule has 108 heavy (non-hydrogen) atoms. The molecule has 6 aliphatic carbocycles. The third-order valence-corrected chi connectivity index (χ3v) is 22.5. The van der Waals surface area contributed by atoms with Crippen LogP contribution in [0, 0.1) is 38.2 Å². The summed E-state index contributed by atoms with van der Waals surface area (Å²) in [6.45, 7) is 4.20. The minimum Gasteiger partial charge on any atom is -0.394 e. The van der Waals surface area contributed by atoms with Gasteiger partial charge in [-0.2, -0.15) is 0 Å². The molecule has 0 spiro atoms. The molecule has 18 atom stereocenters. The maximum absolute atomic E-state index is 14.2. The van der Waals surface area contributed by atoms with Crippen molar-refractivity contribution in [3.8, 4) is 0 Å². The zero-order valence-corrected chi connectivity index (χ0v) is 62.0. The molecule has 15 rings (SSSR count). The standard InChI is InChI=1S/3C24H31FN6O4S/c3*1-3-8-36-24-27-22(26-16-10-14(16)13-5-4-12(2)15(25)9-13)19-23(28-24)31(30-29-19)17-11-18(35-7-6-32)21(34)20(17)33/h3*4-5,9,14,16-18,20-21,32-34H,3,6-8,10-11H2,1-2H3,(H,26,27,28)/t3*14-,16+,17+,18-,20-,21+/m000/s1/i7D2,10D2;6D2,10D2;10D2. The van der Waals surface area contributed by atoms with Gasteiger partial charge in [-0.15, -0.1) is 15.3 Å². The van der Waals surface area contributed by atoms with Gasteiger partial charge in [-0.05, 0) is 111 Å². The third kappa shape index (κ3) is 17.5. The van der Waals surface area contributed by atoms with Gasteiger partial charge in [0.1, 0.15) is 54.1 Å². The number of aromatic nitrogens is 15. The van der Waals surface area contributed by atoms with Crippen molar-refractivity contribution >= 4 is 86.2 Å². The molecule has 9 aromatic rings. The minimum absolute atomic E-state index is 0.0305. The maximum Gasteiger partial charge on any atom is 0.191 e. The second-order valence-corrected chi connectivity index (χ2v) is 30.2. The molecule has 6 aliphatic rings. The van der Waals surface area contributed by atoms with Gasteiger partial charge in [0.05, 0.1) is 81.5 Å². The molecule has 6 saturated carbocycles. The van der Waals surface area contributed by atoms with Crippen LogP contribution in [0.2, 0.25) is 0 Å². The zero-order chi connectivity index (χ0) is 85.2. The van der Waals surface area contributed by atoms with E-state index in [2.05, 4.69) is 76.8 Å². The van der Waals surface area contributed by atoms with Crippen LogP contribution in [0.4, 0.5) is 30.6 Å². The van der Waals surface area contributed by atoms with E-state index in [1.807, 2.05) is 20.8 Å². The van der Waals surface area contributed by atoms with Gasteiger partial charge in [-0.3, -0.25) is 0 Å². The van der Waals surface area contributed by atoms with E-state index in [0.29, 0.717) is 77.3 Å². The number of nitrogens with one attached hydrogen (secondary N) is 3. The number of aliphatic hydroxyl groups excluding tert-OH is 8. The molecule has 0 unspecified atom stereocenters. The first-order chi connectivity index (χ1) is 55.9. The van der Waals surface area contributed by atoms with E-state index in [-0.39, 0.29) is 72.3 Å². The number of ether oxygens (including phenoxy) is 3. The summed E-state index contributed by atoms with van der Waals surface area (Å²) in [6, 6.07) is 9.62. The van der Waals surface area contributed by atoms with Crippen LogP contribution in [0.15, 0.2) is 70.1 Å². The average molecular weight is 1570 g/mol. The van der Waals surface area contributed by atoms with Gasteiger partial charge in [0.15, 0.2) is 66.4 Å². The number of fused-ring (bicyclic) bond motifs is 3. The van der Waals surface area contributed by atoms with Gasteiger partial charge in [0.25, 0.3) is 0 Å². The highest BCUT2D eigenvalue weighted by Crippen LogP contribution is 2.48. The molecule has 30 nitrogen and oxygen atoms in total. The van der Waals surface area contributed by atoms with Crippen LogP contribution in [-0.4, -0.2) is 251 Å². The summed E-state index contributed by atoms with van der Waals surface area (Å²) in [5.41, 5.74) is 4.62. The van der Waals surface area contributed by atoms with Crippen molar-refractivity contribution in [3.63, 3.8) is 0 Å². The number of benzene rings is 3. The lowest BCUT2D eigenvalue weighted by Crippen LogP contribution is -2.33. The lowest BCUT2D eigenvalue weighted by atomic mass is 10.1. The van der Waals surface area contributed by atoms with E-state index in [9.17, 15) is 54.0 Å². The van der Waals surface area contributed by atoms with Crippen molar-refractivity contribution in [2.75, 3.05) is 72.8 Å². The highest BCUT2D eigenvalue weighted by molar-refractivity contribution is 7.99. The number of hydrogen-bond donors (Lipinski definition) is 12. The molecule has 0 bridgehead atoms. The molecule has 582 valence electrons. The number of hydrogen-bond acceptors (Lipinski definition) is 30. The molecule has 0 radical (unpaired) electrons. The first-order valence-corrected chi connectivity index (χ1v) is 38.6. The largest absolute Gasteiger partial charge is 0.394 e. The Kier molecular flexibility index (Phi) is 21.6. The molecule has 6 aromatic heterocycles. The predicted molar refractivity (Wildman–Crippen MR) is 398 cm³/mol. The quantitative estimate of drug-likeness (QED) is 0.0168. The van der Waals surface area contributed by atoms with Crippen LogP contribution >= 0.6 is 35.3 Å². The summed E-state index contributed by atoms with van der Waals surface area (Å²) in [4.78, 5) is 27.5. The van der Waals surface area contributed by atoms with E-state index >= 15 is 0 Å². The van der Waals surface area contributed by atoms with Crippen molar-refractivity contribution in [1.29, 1.82) is 0 Å². The summed E-state index contributed by atoms with van der Waals surface area (Å²) < 4.78 is 144. The summed E-state index contributed by atoms with van der Waals surface area (Å²) in [6.07, 6.45) is -12.9. The van der Waals surface area contributed by atoms with Crippen molar-refractivity contribution in [2.24, 2.45) is 0 Å². The van der Waals surface area contributed by atoms with Crippen LogP contribution in [-0.2, 0) is 14.2 Å². The van der Waals surface area contributed by atoms with Crippen molar-refractivity contribution in [2.45, 2.75) is 224 Å². The summed E-state index contributed by atoms with van der Waals surface area (Å²) >= 11 is 4.19. The monoisotopic (exact) mass is 1560 g/mol. The summed E-state index contributed by atoms with van der Waals surface area (Å²) in [5, 5.41) is 127. The second kappa shape index (κ2) is 35.1. The van der Waals surface area contributed by atoms with Crippen LogP contribution in [0.5, 0.6) is 0 Å². The van der Waals surface area contributed by atoms with Gasteiger partial charge in [0, 0.05) is 80.6 Å². The van der Waals surface area contributed by atoms with Gasteiger partial charge < -0.3 is 76.1 Å². The van der Waals surface area contributed by atoms with Crippen molar-refractivity contribution < 1.29 is 87.0 Å². The number of rotatable bonds is 30. The van der Waals surface area contributed by atoms with Crippen molar-refractivity contribution in [1.82, 2.24) is 74.9 Å². The molecular weight excluding hydrogens is 1460 g/mol. The summed E-state index contributed by atoms with van der Waals surface area (Å²) in [5.74, 6) is -0.0690. The van der Waals surface area contributed by atoms with Gasteiger partial charge in [-0.25, -0.2) is 57.1 Å². The fourth-order valence-electron chi connectivity index (χ4n) is 13.3. The number of thioether (sulfide) groups is 3. The lowest BCUT2D eigenvalue weighted by Gasteiger charge is -2.17. The molecular formula is C72H93F3N18O12S3. The Morgan fingerprint density at radius 2 is 0.787 bits per heavy atom. The fourth-order valence-corrected chi connectivity index (χ4v) is 15.3. The Morgan fingerprint density at radius 1 is 0.463 bits per heavy atom. The van der Waals surface area contributed by atoms with Gasteiger partial charge in [0.2, 0.25) is 0 Å². The smallest absolute Gasteiger partial charge is 0.191 e. The lowest BCUT2D eigenvalue weighted by molar-refractivity contribution is -0.0629. The Labute approximate surface area is 647 Å². The molecule has 6 fully saturated rings. The Hall–Kier alpha value is -7.14. The Bertz CT molecular complexity index is 5080. The molecule has 12 N–H and O–H groups in total. The van der Waals surface area contributed by atoms with E-state index in [4.69, 9.17) is 33.0 Å². The molecule has 36 heteroatoms. The first kappa shape index (κ1) is 66.6. The van der Waals surface area contributed by atoms with Crippen LogP contribution in [0.25, 0.3) is 33.5 Å². The second-order valence-electron chi connectivity index (χ2n) is 27.0. The van der Waals surface area contributed by atoms with Gasteiger partial charge >= 0.3 is 0 Å². The van der Waals surface area contributed by atoms with E-state index in [1.54, 1.807) is 57.2 Å². The number of anilines is 3. The number of halogens is 3. The fraction of sp³-hybridized carbons (Fsp3) is 0.583. The van der Waals surface area contributed by atoms with E-state index < -0.39 is 166 Å². The SMILES string of the molecule is [2H]C([2H])(CO)O[C@H]1C[C@@H](n2nnc3c(N[C@H]4[C@H](c5ccc(C)c(F)c5)C4([2H])[2H])nc(SCCC)nc32)[C@H](O)[C@@H]1O.[2H]C([2H])(O)CO[C@H]1C[C@@H](n2nnc3c(N[C@H]4[C@H](c5ccc(C)c(F)c5)C4([2H])[2H])nc(SCCC)nc32)[C@H](O)[C@@H]1O.[2H]C1([2H])[C@@H](Nc2nc(SCCC)nc3c2nnn3[C@@H]2C[C@H](OCCO)[C@@H](O)[C@H]2O)[C@@H]1c1ccc(C)c(F)c1. The topological polar surface area (TPSA) is 415 Å². The van der Waals surface area contributed by atoms with Gasteiger partial charge in [-0.1, -0.05) is 108 Å². The Morgan fingerprint density at radius 3 is 1.08 bits per heavy atom. The molecule has 0 aliphatic heterocycles. The van der Waals surface area contributed by atoms with Crippen LogP contribution < -0.4 is 16.0 Å². The molecule has 0 saturated heterocycles. The summed E-state index contributed by atoms with van der Waals surface area (Å²) in [7, 11) is 0. The number of aliphatic hydroxyl groups is 9. The molecule has 3 aromatic carbocycles. The minimum atomic E-state index is -2.60. The average Bonchev–Trinajstić information content (AvgIpc) is 1.56. The van der Waals surface area contributed by atoms with E-state index in [0.717, 1.165) is 25.0 Å². The predicted octanol–water partition coefficient (Wildman–Crippen LogP) is 6.55. The highest BCUT2D eigenvalue weighted by atomic mass is 32.2. The van der Waals surface area contributed by atoms with Crippen LogP contribution in [0.3, 0.4) is 0 Å². The zero-order valence-electron chi connectivity index (χ0n) is 69.6. The maximum atomic E-state index is 14.2. The first-order valence-electron chi connectivity index (χ1n) is 40.6. The normalized spacial score (nSPS) is 30.6. The van der Waals surface area contributed by atoms with Crippen LogP contribution in [0.1, 0.15) is 161 Å². The van der Waals surface area contributed by atoms with Crippen molar-refractivity contribution in [3.05, 3.63) is 105 Å². The third-order valence-electron chi connectivity index (χ3n) is 19.3. The highest BCUT2D eigenvalue weighted by Gasteiger charge is 2.49. The number of aryl methyl sites for hydroxylation is 3. The molecule has 6 heterocycles. The number of nitrogens with zero attached hydrogens (tertiary/aromatic N) is 15.